The first kappa shape index (κ1) is 8.52. The van der Waals surface area contributed by atoms with Crippen molar-refractivity contribution in [2.45, 2.75) is 18.9 Å². The van der Waals surface area contributed by atoms with Gasteiger partial charge in [-0.3, -0.25) is 10.1 Å². The second-order valence-electron chi connectivity index (χ2n) is 2.81. The highest BCUT2D eigenvalue weighted by Gasteiger charge is 2.22. The second kappa shape index (κ2) is 3.75. The number of carbonyl (C=O) groups excluding carboxylic acids is 1. The Morgan fingerprint density at radius 1 is 1.69 bits per heavy atom. The molecule has 1 aliphatic rings. The molecule has 2 heterocycles. The maximum atomic E-state index is 11.5. The van der Waals surface area contributed by atoms with Gasteiger partial charge in [-0.15, -0.1) is 0 Å². The summed E-state index contributed by atoms with van der Waals surface area (Å²) in [6.07, 6.45) is 1.94. The average Bonchev–Trinajstić information content (AvgIpc) is 2.74. The predicted octanol–water partition coefficient (Wildman–Crippen LogP) is -0.376. The van der Waals surface area contributed by atoms with Crippen LogP contribution in [0.2, 0.25) is 0 Å². The molecule has 1 aromatic heterocycles. The summed E-state index contributed by atoms with van der Waals surface area (Å²) in [4.78, 5) is 11.5. The van der Waals surface area contributed by atoms with Gasteiger partial charge in [0.2, 0.25) is 11.0 Å². The lowest BCUT2D eigenvalue weighted by molar-refractivity contribution is -0.117. The van der Waals surface area contributed by atoms with Gasteiger partial charge in [0.15, 0.2) is 0 Å². The van der Waals surface area contributed by atoms with Crippen LogP contribution in [-0.2, 0) is 4.79 Å². The van der Waals surface area contributed by atoms with Crippen LogP contribution in [-0.4, -0.2) is 33.3 Å². The van der Waals surface area contributed by atoms with E-state index in [2.05, 4.69) is 25.4 Å². The van der Waals surface area contributed by atoms with E-state index in [-0.39, 0.29) is 11.9 Å². The highest BCUT2D eigenvalue weighted by molar-refractivity contribution is 7.09. The molecule has 7 heteroatoms. The van der Waals surface area contributed by atoms with Crippen LogP contribution in [0.3, 0.4) is 0 Å². The molecule has 0 bridgehead atoms. The van der Waals surface area contributed by atoms with Crippen molar-refractivity contribution in [1.29, 1.82) is 0 Å². The van der Waals surface area contributed by atoms with Gasteiger partial charge in [-0.2, -0.15) is 0 Å². The maximum absolute atomic E-state index is 11.5. The lowest BCUT2D eigenvalue weighted by atomic mass is 10.2. The van der Waals surface area contributed by atoms with Crippen molar-refractivity contribution in [3.05, 3.63) is 0 Å². The van der Waals surface area contributed by atoms with Crippen LogP contribution >= 0.6 is 11.5 Å². The molecule has 70 valence electrons. The summed E-state index contributed by atoms with van der Waals surface area (Å²) in [7, 11) is 0. The molecule has 1 saturated heterocycles. The normalized spacial score (nSPS) is 21.7. The first-order chi connectivity index (χ1) is 6.36. The Hall–Kier alpha value is -1.08. The Morgan fingerprint density at radius 3 is 3.23 bits per heavy atom. The van der Waals surface area contributed by atoms with Crippen LogP contribution in [0.15, 0.2) is 0 Å². The third kappa shape index (κ3) is 1.99. The Labute approximate surface area is 78.9 Å². The SMILES string of the molecule is O=C(Nc1nnns1)[C@@H]1CCCN1. The summed E-state index contributed by atoms with van der Waals surface area (Å²) in [6.45, 7) is 0.909. The number of anilines is 1. The molecule has 6 nitrogen and oxygen atoms in total. The summed E-state index contributed by atoms with van der Waals surface area (Å²) in [5, 5.41) is 13.2. The number of nitrogens with one attached hydrogen (secondary N) is 2. The topological polar surface area (TPSA) is 79.8 Å². The van der Waals surface area contributed by atoms with Crippen molar-refractivity contribution in [2.75, 3.05) is 11.9 Å². The molecule has 0 aromatic carbocycles. The van der Waals surface area contributed by atoms with E-state index >= 15 is 0 Å². The first-order valence-corrected chi connectivity index (χ1v) is 4.83. The Kier molecular flexibility index (Phi) is 2.46. The van der Waals surface area contributed by atoms with E-state index in [1.54, 1.807) is 0 Å². The molecule has 1 fully saturated rings. The molecule has 1 aromatic rings. The van der Waals surface area contributed by atoms with E-state index in [0.717, 1.165) is 30.9 Å². The number of hydrogen-bond donors (Lipinski definition) is 2. The van der Waals surface area contributed by atoms with Gasteiger partial charge in [0.1, 0.15) is 0 Å². The van der Waals surface area contributed by atoms with Crippen LogP contribution in [0, 0.1) is 0 Å². The first-order valence-electron chi connectivity index (χ1n) is 4.05. The van der Waals surface area contributed by atoms with Crippen LogP contribution < -0.4 is 10.6 Å². The minimum Gasteiger partial charge on any atom is -0.306 e. The summed E-state index contributed by atoms with van der Waals surface area (Å²) in [5.41, 5.74) is 0. The molecular formula is C6H9N5OS. The minimum absolute atomic E-state index is 0.0453. The highest BCUT2D eigenvalue weighted by atomic mass is 32.1. The quantitative estimate of drug-likeness (QED) is 0.679. The van der Waals surface area contributed by atoms with Crippen molar-refractivity contribution >= 4 is 22.6 Å². The summed E-state index contributed by atoms with van der Waals surface area (Å²) in [5.74, 6) is -0.0453. The lowest BCUT2D eigenvalue weighted by Gasteiger charge is -2.07. The number of nitrogens with zero attached hydrogens (tertiary/aromatic N) is 3. The standard InChI is InChI=1S/C6H9N5OS/c12-5(4-2-1-3-7-4)8-6-9-10-11-13-6/h4,7H,1-3H2,(H,8,9,11,12)/t4-/m0/s1. The van der Waals surface area contributed by atoms with Gasteiger partial charge < -0.3 is 5.32 Å². The van der Waals surface area contributed by atoms with Crippen LogP contribution in [0.25, 0.3) is 0 Å². The van der Waals surface area contributed by atoms with E-state index in [0.29, 0.717) is 5.13 Å². The zero-order valence-electron chi connectivity index (χ0n) is 6.86. The summed E-state index contributed by atoms with van der Waals surface area (Å²) >= 11 is 1.08. The second-order valence-corrected chi connectivity index (χ2v) is 3.54. The third-order valence-electron chi connectivity index (χ3n) is 1.91. The minimum atomic E-state index is -0.0797. The zero-order chi connectivity index (χ0) is 9.10. The van der Waals surface area contributed by atoms with Gasteiger partial charge >= 0.3 is 0 Å². The Morgan fingerprint density at radius 2 is 2.62 bits per heavy atom. The smallest absolute Gasteiger partial charge is 0.243 e. The van der Waals surface area contributed by atoms with Crippen molar-refractivity contribution < 1.29 is 4.79 Å². The molecule has 0 saturated carbocycles. The monoisotopic (exact) mass is 199 g/mol. The van der Waals surface area contributed by atoms with E-state index in [9.17, 15) is 4.79 Å². The average molecular weight is 199 g/mol. The highest BCUT2D eigenvalue weighted by Crippen LogP contribution is 2.09. The fraction of sp³-hybridized carbons (Fsp3) is 0.667. The zero-order valence-corrected chi connectivity index (χ0v) is 7.67. The Bertz CT molecular complexity index is 281. The molecule has 0 unspecified atom stereocenters. The predicted molar refractivity (Wildman–Crippen MR) is 47.4 cm³/mol. The fourth-order valence-corrected chi connectivity index (χ4v) is 1.65. The number of amides is 1. The van der Waals surface area contributed by atoms with Gasteiger partial charge in [0, 0.05) is 11.5 Å². The van der Waals surface area contributed by atoms with Crippen molar-refractivity contribution in [2.24, 2.45) is 0 Å². The summed E-state index contributed by atoms with van der Waals surface area (Å²) < 4.78 is 3.55. The summed E-state index contributed by atoms with van der Waals surface area (Å²) in [6, 6.07) is -0.0797. The van der Waals surface area contributed by atoms with Gasteiger partial charge in [-0.1, -0.05) is 9.59 Å². The number of aromatic nitrogens is 3. The van der Waals surface area contributed by atoms with Gasteiger partial charge in [0.25, 0.3) is 0 Å². The number of carbonyl (C=O) groups is 1. The molecule has 2 rings (SSSR count). The molecule has 0 aliphatic carbocycles. The number of rotatable bonds is 2. The number of hydrogen-bond acceptors (Lipinski definition) is 6. The van der Waals surface area contributed by atoms with E-state index in [4.69, 9.17) is 0 Å². The van der Waals surface area contributed by atoms with Crippen molar-refractivity contribution in [3.8, 4) is 0 Å². The molecule has 13 heavy (non-hydrogen) atoms. The van der Waals surface area contributed by atoms with E-state index < -0.39 is 0 Å². The molecule has 2 N–H and O–H groups in total. The van der Waals surface area contributed by atoms with Crippen molar-refractivity contribution in [3.63, 3.8) is 0 Å². The molecule has 0 radical (unpaired) electrons. The third-order valence-corrected chi connectivity index (χ3v) is 2.42. The molecular weight excluding hydrogens is 190 g/mol. The molecule has 0 spiro atoms. The van der Waals surface area contributed by atoms with Gasteiger partial charge in [-0.05, 0) is 24.6 Å². The van der Waals surface area contributed by atoms with E-state index in [1.807, 2.05) is 0 Å². The van der Waals surface area contributed by atoms with Gasteiger partial charge in [-0.25, -0.2) is 0 Å². The molecule has 1 aliphatic heterocycles. The fourth-order valence-electron chi connectivity index (χ4n) is 1.28. The largest absolute Gasteiger partial charge is 0.306 e. The van der Waals surface area contributed by atoms with Crippen LogP contribution in [0.4, 0.5) is 5.13 Å². The van der Waals surface area contributed by atoms with Gasteiger partial charge in [0.05, 0.1) is 6.04 Å². The maximum Gasteiger partial charge on any atom is 0.243 e. The molecule has 1 amide bonds. The van der Waals surface area contributed by atoms with Crippen molar-refractivity contribution in [1.82, 2.24) is 20.1 Å². The molecule has 1 atom stereocenters. The van der Waals surface area contributed by atoms with Crippen LogP contribution in [0.1, 0.15) is 12.8 Å². The lowest BCUT2D eigenvalue weighted by Crippen LogP contribution is -2.35. The van der Waals surface area contributed by atoms with E-state index in [1.165, 1.54) is 0 Å². The Balaban J connectivity index is 1.91. The van der Waals surface area contributed by atoms with Crippen LogP contribution in [0.5, 0.6) is 0 Å².